The molecule has 16 heavy (non-hydrogen) atoms. The Bertz CT molecular complexity index is 379. The zero-order valence-electron chi connectivity index (χ0n) is 9.86. The summed E-state index contributed by atoms with van der Waals surface area (Å²) in [4.78, 5) is 0. The Kier molecular flexibility index (Phi) is 2.46. The van der Waals surface area contributed by atoms with E-state index in [0.29, 0.717) is 17.2 Å². The monoisotopic (exact) mass is 239 g/mol. The fourth-order valence-electron chi connectivity index (χ4n) is 2.63. The van der Waals surface area contributed by atoms with Crippen molar-refractivity contribution in [1.82, 2.24) is 14.8 Å². The maximum Gasteiger partial charge on any atom is 0.225 e. The van der Waals surface area contributed by atoms with E-state index in [-0.39, 0.29) is 0 Å². The molecule has 0 saturated heterocycles. The molecule has 2 aliphatic rings. The Morgan fingerprint density at radius 3 is 2.12 bits per heavy atom. The molecule has 0 unspecified atom stereocenters. The van der Waals surface area contributed by atoms with Crippen LogP contribution in [0.2, 0.25) is 5.28 Å². The van der Waals surface area contributed by atoms with Gasteiger partial charge in [-0.3, -0.25) is 4.57 Å². The van der Waals surface area contributed by atoms with Gasteiger partial charge < -0.3 is 0 Å². The number of halogens is 1. The van der Waals surface area contributed by atoms with Gasteiger partial charge >= 0.3 is 0 Å². The van der Waals surface area contributed by atoms with Crippen molar-refractivity contribution in [1.29, 1.82) is 0 Å². The summed E-state index contributed by atoms with van der Waals surface area (Å²) < 4.78 is 2.22. The molecule has 3 rings (SSSR count). The minimum atomic E-state index is 0.403. The van der Waals surface area contributed by atoms with Crippen LogP contribution in [-0.4, -0.2) is 14.8 Å². The Balaban J connectivity index is 1.98. The van der Waals surface area contributed by atoms with E-state index in [1.807, 2.05) is 0 Å². The van der Waals surface area contributed by atoms with Crippen molar-refractivity contribution in [3.8, 4) is 0 Å². The van der Waals surface area contributed by atoms with Crippen molar-refractivity contribution >= 4 is 11.6 Å². The lowest BCUT2D eigenvalue weighted by atomic mass is 10.1. The number of hydrogen-bond donors (Lipinski definition) is 0. The highest BCUT2D eigenvalue weighted by molar-refractivity contribution is 6.28. The fourth-order valence-corrected chi connectivity index (χ4v) is 2.87. The summed E-state index contributed by atoms with van der Waals surface area (Å²) in [6, 6.07) is 0.583. The predicted molar refractivity (Wildman–Crippen MR) is 63.6 cm³/mol. The first kappa shape index (κ1) is 10.6. The molecule has 0 atom stereocenters. The first-order chi connectivity index (χ1) is 7.68. The van der Waals surface area contributed by atoms with Crippen LogP contribution >= 0.6 is 11.6 Å². The molecule has 88 valence electrons. The Morgan fingerprint density at radius 2 is 1.69 bits per heavy atom. The summed E-state index contributed by atoms with van der Waals surface area (Å²) in [6.45, 7) is 4.32. The van der Waals surface area contributed by atoms with Crippen molar-refractivity contribution in [3.63, 3.8) is 0 Å². The van der Waals surface area contributed by atoms with Gasteiger partial charge in [-0.05, 0) is 49.1 Å². The van der Waals surface area contributed by atoms with E-state index in [0.717, 1.165) is 17.7 Å². The molecule has 0 radical (unpaired) electrons. The smallest absolute Gasteiger partial charge is 0.225 e. The van der Waals surface area contributed by atoms with Crippen LogP contribution in [0.4, 0.5) is 0 Å². The summed E-state index contributed by atoms with van der Waals surface area (Å²) in [7, 11) is 0. The van der Waals surface area contributed by atoms with Gasteiger partial charge in [-0.15, -0.1) is 10.2 Å². The maximum atomic E-state index is 6.22. The predicted octanol–water partition coefficient (Wildman–Crippen LogP) is 3.42. The van der Waals surface area contributed by atoms with Crippen LogP contribution in [0.3, 0.4) is 0 Å². The molecular weight excluding hydrogens is 222 g/mol. The average Bonchev–Trinajstić information content (AvgIpc) is 3.10. The van der Waals surface area contributed by atoms with Crippen molar-refractivity contribution in [2.75, 3.05) is 0 Å². The quantitative estimate of drug-likeness (QED) is 0.806. The Morgan fingerprint density at radius 1 is 1.12 bits per heavy atom. The zero-order valence-corrected chi connectivity index (χ0v) is 10.6. The largest absolute Gasteiger partial charge is 0.298 e. The third-order valence-electron chi connectivity index (χ3n) is 3.71. The normalized spacial score (nSPS) is 21.1. The second kappa shape index (κ2) is 3.73. The molecule has 3 nitrogen and oxygen atoms in total. The number of hydrogen-bond acceptors (Lipinski definition) is 2. The molecular formula is C12H18ClN3. The van der Waals surface area contributed by atoms with E-state index in [1.54, 1.807) is 0 Å². The van der Waals surface area contributed by atoms with Crippen LogP contribution in [0, 0.1) is 11.8 Å². The lowest BCUT2D eigenvalue weighted by Gasteiger charge is -2.21. The fraction of sp³-hybridized carbons (Fsp3) is 0.833. The van der Waals surface area contributed by atoms with Crippen LogP contribution in [-0.2, 0) is 0 Å². The van der Waals surface area contributed by atoms with Gasteiger partial charge in [0, 0.05) is 12.0 Å². The first-order valence-electron chi connectivity index (χ1n) is 6.28. The summed E-state index contributed by atoms with van der Waals surface area (Å²) in [5.41, 5.74) is 0. The topological polar surface area (TPSA) is 30.7 Å². The molecule has 2 aliphatic carbocycles. The second-order valence-corrected chi connectivity index (χ2v) is 5.86. The van der Waals surface area contributed by atoms with Crippen LogP contribution in [0.5, 0.6) is 0 Å². The average molecular weight is 240 g/mol. The lowest BCUT2D eigenvalue weighted by molar-refractivity contribution is 0.378. The van der Waals surface area contributed by atoms with Crippen LogP contribution in [0.25, 0.3) is 0 Å². The van der Waals surface area contributed by atoms with Gasteiger partial charge in [0.2, 0.25) is 5.28 Å². The van der Waals surface area contributed by atoms with Crippen LogP contribution in [0.15, 0.2) is 0 Å². The summed E-state index contributed by atoms with van der Waals surface area (Å²) in [5.74, 6) is 3.13. The maximum absolute atomic E-state index is 6.22. The molecule has 1 aromatic heterocycles. The highest BCUT2D eigenvalue weighted by Crippen LogP contribution is 2.53. The molecule has 0 bridgehead atoms. The van der Waals surface area contributed by atoms with Gasteiger partial charge in [0.25, 0.3) is 0 Å². The zero-order chi connectivity index (χ0) is 11.3. The van der Waals surface area contributed by atoms with Crippen molar-refractivity contribution in [3.05, 3.63) is 11.1 Å². The van der Waals surface area contributed by atoms with E-state index in [1.165, 1.54) is 25.7 Å². The van der Waals surface area contributed by atoms with Crippen LogP contribution < -0.4 is 0 Å². The summed E-state index contributed by atoms with van der Waals surface area (Å²) in [6.07, 6.45) is 5.42. The van der Waals surface area contributed by atoms with E-state index < -0.39 is 0 Å². The summed E-state index contributed by atoms with van der Waals surface area (Å²) >= 11 is 6.22. The van der Waals surface area contributed by atoms with Gasteiger partial charge in [-0.2, -0.15) is 0 Å². The molecule has 1 heterocycles. The second-order valence-electron chi connectivity index (χ2n) is 5.52. The Hall–Kier alpha value is -0.570. The standard InChI is InChI=1S/C12H18ClN3/c1-7(2)11-14-15-12(13)16(11)10(8-3-4-8)9-5-6-9/h7-10H,3-6H2,1-2H3. The molecule has 0 amide bonds. The molecule has 0 spiro atoms. The van der Waals surface area contributed by atoms with E-state index in [9.17, 15) is 0 Å². The van der Waals surface area contributed by atoms with Gasteiger partial charge in [0.05, 0.1) is 0 Å². The van der Waals surface area contributed by atoms with E-state index >= 15 is 0 Å². The van der Waals surface area contributed by atoms with Crippen molar-refractivity contribution in [2.45, 2.75) is 51.5 Å². The van der Waals surface area contributed by atoms with E-state index in [2.05, 4.69) is 28.6 Å². The van der Waals surface area contributed by atoms with Crippen molar-refractivity contribution < 1.29 is 0 Å². The molecule has 0 aliphatic heterocycles. The molecule has 2 saturated carbocycles. The highest BCUT2D eigenvalue weighted by atomic mass is 35.5. The number of rotatable bonds is 4. The summed E-state index contributed by atoms with van der Waals surface area (Å²) in [5, 5.41) is 8.89. The first-order valence-corrected chi connectivity index (χ1v) is 6.66. The van der Waals surface area contributed by atoms with Crippen molar-refractivity contribution in [2.24, 2.45) is 11.8 Å². The minimum Gasteiger partial charge on any atom is -0.298 e. The molecule has 0 N–H and O–H groups in total. The third kappa shape index (κ3) is 1.75. The lowest BCUT2D eigenvalue weighted by Crippen LogP contribution is -2.17. The molecule has 2 fully saturated rings. The van der Waals surface area contributed by atoms with Crippen LogP contribution in [0.1, 0.15) is 57.3 Å². The third-order valence-corrected chi connectivity index (χ3v) is 3.96. The molecule has 4 heteroatoms. The van der Waals surface area contributed by atoms with Gasteiger partial charge in [-0.25, -0.2) is 0 Å². The molecule has 1 aromatic rings. The minimum absolute atomic E-state index is 0.403. The van der Waals surface area contributed by atoms with Gasteiger partial charge in [0.15, 0.2) is 0 Å². The number of aromatic nitrogens is 3. The molecule has 0 aromatic carbocycles. The van der Waals surface area contributed by atoms with Gasteiger partial charge in [-0.1, -0.05) is 13.8 Å². The SMILES string of the molecule is CC(C)c1nnc(Cl)n1C(C1CC1)C1CC1. The highest BCUT2D eigenvalue weighted by Gasteiger charge is 2.44. The Labute approximate surface area is 101 Å². The number of nitrogens with zero attached hydrogens (tertiary/aromatic N) is 3. The van der Waals surface area contributed by atoms with Gasteiger partial charge in [0.1, 0.15) is 5.82 Å². The van der Waals surface area contributed by atoms with E-state index in [4.69, 9.17) is 11.6 Å².